The third kappa shape index (κ3) is 20.2. The average molecular weight is 723 g/mol. The van der Waals surface area contributed by atoms with Gasteiger partial charge < -0.3 is 11.5 Å². The third-order valence-electron chi connectivity index (χ3n) is 8.79. The predicted molar refractivity (Wildman–Crippen MR) is 221 cm³/mol. The maximum Gasteiger partial charge on any atom is 0.195 e. The van der Waals surface area contributed by atoms with Crippen LogP contribution in [0.3, 0.4) is 0 Å². The molecular weight excluding hydrogens is 653 g/mol. The van der Waals surface area contributed by atoms with Crippen LogP contribution in [-0.2, 0) is 9.59 Å². The highest BCUT2D eigenvalue weighted by Crippen LogP contribution is 2.10. The zero-order valence-corrected chi connectivity index (χ0v) is 36.0. The second-order valence-corrected chi connectivity index (χ2v) is 13.8. The fourth-order valence-electron chi connectivity index (χ4n) is 3.68. The standard InChI is InChI=1S/2C8H14N2.2C8H12N2.C4H12N2.C4H6O2/c4*1-5-6(2)10-8(4)7(3)9-5;2*1-3(5)4(2)6/h2*5-6H,1-4H3;2*1-4H3;3-4H,5-6H2,1-2H3;1-2H3. The lowest BCUT2D eigenvalue weighted by Crippen LogP contribution is -2.35. The molecule has 0 spiro atoms. The molecule has 2 aromatic rings. The van der Waals surface area contributed by atoms with Gasteiger partial charge in [0.05, 0.1) is 92.6 Å². The van der Waals surface area contributed by atoms with E-state index in [1.54, 1.807) is 0 Å². The molecular formula is C40H70N10O2. The van der Waals surface area contributed by atoms with E-state index >= 15 is 0 Å². The number of aliphatic imine (C=N–C) groups is 4. The number of Topliss-reactive ketones (excluding diaryl/α,β-unsaturated/α-hetero) is 2. The Bertz CT molecular complexity index is 1330. The Morgan fingerprint density at radius 3 is 0.635 bits per heavy atom. The van der Waals surface area contributed by atoms with E-state index in [-0.39, 0.29) is 23.7 Å². The fraction of sp³-hybridized carbons (Fsp3) is 0.650. The van der Waals surface area contributed by atoms with Gasteiger partial charge in [0.2, 0.25) is 0 Å². The van der Waals surface area contributed by atoms with E-state index < -0.39 is 0 Å². The molecule has 12 nitrogen and oxygen atoms in total. The maximum atomic E-state index is 9.79. The highest BCUT2D eigenvalue weighted by Gasteiger charge is 2.16. The molecule has 2 aliphatic rings. The van der Waals surface area contributed by atoms with Crippen molar-refractivity contribution in [3.8, 4) is 0 Å². The second kappa shape index (κ2) is 24.4. The summed E-state index contributed by atoms with van der Waals surface area (Å²) in [6.45, 7) is 38.6. The molecule has 6 unspecified atom stereocenters. The van der Waals surface area contributed by atoms with Crippen LogP contribution >= 0.6 is 0 Å². The van der Waals surface area contributed by atoms with Gasteiger partial charge in [0.1, 0.15) is 0 Å². The largest absolute Gasteiger partial charge is 0.327 e. The fourth-order valence-corrected chi connectivity index (χ4v) is 3.68. The molecule has 12 heteroatoms. The highest BCUT2D eigenvalue weighted by atomic mass is 16.2. The van der Waals surface area contributed by atoms with Crippen molar-refractivity contribution in [1.29, 1.82) is 0 Å². The van der Waals surface area contributed by atoms with Crippen molar-refractivity contribution in [3.05, 3.63) is 45.6 Å². The lowest BCUT2D eigenvalue weighted by atomic mass is 10.1. The minimum absolute atomic E-state index is 0.130. The number of ketones is 2. The van der Waals surface area contributed by atoms with Crippen molar-refractivity contribution < 1.29 is 9.59 Å². The Morgan fingerprint density at radius 1 is 0.404 bits per heavy atom. The molecule has 4 rings (SSSR count). The Morgan fingerprint density at radius 2 is 0.538 bits per heavy atom. The summed E-state index contributed by atoms with van der Waals surface area (Å²) in [5.74, 6) is -0.759. The van der Waals surface area contributed by atoms with Gasteiger partial charge in [0.25, 0.3) is 0 Å². The van der Waals surface area contributed by atoms with Gasteiger partial charge in [-0.3, -0.25) is 49.5 Å². The van der Waals surface area contributed by atoms with E-state index in [4.69, 9.17) is 11.5 Å². The summed E-state index contributed by atoms with van der Waals surface area (Å²) < 4.78 is 0. The first-order valence-electron chi connectivity index (χ1n) is 18.0. The second-order valence-electron chi connectivity index (χ2n) is 13.8. The summed E-state index contributed by atoms with van der Waals surface area (Å²) in [6, 6.07) is 1.72. The van der Waals surface area contributed by atoms with E-state index in [1.165, 1.54) is 13.8 Å². The molecule has 0 saturated carbocycles. The quantitative estimate of drug-likeness (QED) is 0.322. The molecule has 4 N–H and O–H groups in total. The number of rotatable bonds is 2. The molecule has 0 fully saturated rings. The van der Waals surface area contributed by atoms with Crippen molar-refractivity contribution in [1.82, 2.24) is 19.9 Å². The van der Waals surface area contributed by atoms with Gasteiger partial charge in [-0.15, -0.1) is 0 Å². The predicted octanol–water partition coefficient (Wildman–Crippen LogP) is 6.66. The molecule has 0 aromatic carbocycles. The van der Waals surface area contributed by atoms with Crippen LogP contribution in [0.25, 0.3) is 0 Å². The summed E-state index contributed by atoms with van der Waals surface area (Å²) in [4.78, 5) is 54.6. The third-order valence-corrected chi connectivity index (χ3v) is 8.79. The molecule has 292 valence electrons. The average Bonchev–Trinajstić information content (AvgIpc) is 3.02. The van der Waals surface area contributed by atoms with Crippen LogP contribution in [0, 0.1) is 55.4 Å². The summed E-state index contributed by atoms with van der Waals surface area (Å²) >= 11 is 0. The Balaban J connectivity index is 0. The van der Waals surface area contributed by atoms with Crippen molar-refractivity contribution in [2.45, 2.75) is 175 Å². The number of nitrogens with zero attached hydrogens (tertiary/aromatic N) is 8. The minimum atomic E-state index is -0.380. The molecule has 0 aliphatic carbocycles. The number of hydrogen-bond acceptors (Lipinski definition) is 12. The molecule has 0 radical (unpaired) electrons. The Labute approximate surface area is 315 Å². The Hall–Kier alpha value is -3.90. The van der Waals surface area contributed by atoms with E-state index in [0.29, 0.717) is 24.2 Å². The van der Waals surface area contributed by atoms with Crippen molar-refractivity contribution >= 4 is 34.4 Å². The lowest BCUT2D eigenvalue weighted by Gasteiger charge is -2.19. The van der Waals surface area contributed by atoms with Crippen LogP contribution in [0.5, 0.6) is 0 Å². The number of aromatic nitrogens is 4. The Kier molecular flexibility index (Phi) is 23.5. The topological polar surface area (TPSA) is 187 Å². The monoisotopic (exact) mass is 723 g/mol. The molecule has 6 atom stereocenters. The maximum absolute atomic E-state index is 9.79. The number of carbonyl (C=O) groups is 2. The van der Waals surface area contributed by atoms with Crippen LogP contribution in [-0.4, -0.2) is 90.6 Å². The van der Waals surface area contributed by atoms with Crippen molar-refractivity contribution in [2.24, 2.45) is 31.4 Å². The number of carbonyl (C=O) groups excluding carboxylic acids is 2. The van der Waals surface area contributed by atoms with Crippen LogP contribution in [0.4, 0.5) is 0 Å². The van der Waals surface area contributed by atoms with Gasteiger partial charge in [0.15, 0.2) is 11.6 Å². The number of hydrogen-bond donors (Lipinski definition) is 2. The molecule has 0 saturated heterocycles. The van der Waals surface area contributed by atoms with Gasteiger partial charge in [-0.05, 0) is 125 Å². The first-order valence-corrected chi connectivity index (χ1v) is 18.0. The number of aryl methyl sites for hydroxylation is 8. The van der Waals surface area contributed by atoms with Crippen molar-refractivity contribution in [2.75, 3.05) is 0 Å². The van der Waals surface area contributed by atoms with E-state index in [1.807, 2.05) is 96.9 Å². The van der Waals surface area contributed by atoms with Crippen LogP contribution < -0.4 is 11.5 Å². The minimum Gasteiger partial charge on any atom is -0.327 e. The molecule has 52 heavy (non-hydrogen) atoms. The lowest BCUT2D eigenvalue weighted by molar-refractivity contribution is -0.134. The SMILES string of the molecule is CC(=O)C(C)=O.CC(N)C(C)N.CC1=NC(C)C(C)N=C1C.CC1=NC(C)C(C)N=C1C.Cc1nc(C)c(C)nc1C.Cc1nc(C)c(C)nc1C. The van der Waals surface area contributed by atoms with E-state index in [9.17, 15) is 9.59 Å². The van der Waals surface area contributed by atoms with Gasteiger partial charge in [-0.2, -0.15) is 0 Å². The van der Waals surface area contributed by atoms with E-state index in [0.717, 1.165) is 68.4 Å². The van der Waals surface area contributed by atoms with Crippen LogP contribution in [0.15, 0.2) is 20.0 Å². The molecule has 2 aromatic heterocycles. The normalized spacial score (nSPS) is 19.8. The first kappa shape index (κ1) is 50.2. The molecule has 2 aliphatic heterocycles. The molecule has 4 heterocycles. The van der Waals surface area contributed by atoms with Crippen molar-refractivity contribution in [3.63, 3.8) is 0 Å². The summed E-state index contributed by atoms with van der Waals surface area (Å²) in [5.41, 5.74) is 23.2. The van der Waals surface area contributed by atoms with Crippen LogP contribution in [0.1, 0.15) is 129 Å². The highest BCUT2D eigenvalue weighted by molar-refractivity contribution is 6.41. The first-order chi connectivity index (χ1) is 23.7. The zero-order valence-electron chi connectivity index (χ0n) is 36.0. The summed E-state index contributed by atoms with van der Waals surface area (Å²) in [6.07, 6.45) is 0. The van der Waals surface area contributed by atoms with Gasteiger partial charge in [-0.1, -0.05) is 0 Å². The van der Waals surface area contributed by atoms with Gasteiger partial charge >= 0.3 is 0 Å². The summed E-state index contributed by atoms with van der Waals surface area (Å²) in [7, 11) is 0. The molecule has 0 bridgehead atoms. The van der Waals surface area contributed by atoms with Gasteiger partial charge in [0, 0.05) is 25.9 Å². The van der Waals surface area contributed by atoms with Gasteiger partial charge in [-0.25, -0.2) is 0 Å². The van der Waals surface area contributed by atoms with Crippen LogP contribution in [0.2, 0.25) is 0 Å². The number of nitrogens with two attached hydrogens (primary N) is 2. The summed E-state index contributed by atoms with van der Waals surface area (Å²) in [5, 5.41) is 0. The smallest absolute Gasteiger partial charge is 0.195 e. The zero-order chi connectivity index (χ0) is 41.2. The van der Waals surface area contributed by atoms with E-state index in [2.05, 4.69) is 67.6 Å². The molecule has 0 amide bonds.